The Morgan fingerprint density at radius 2 is 1.27 bits per heavy atom. The summed E-state index contributed by atoms with van der Waals surface area (Å²) in [5.74, 6) is 0. The van der Waals surface area contributed by atoms with Crippen LogP contribution < -0.4 is 0 Å². The van der Waals surface area contributed by atoms with Gasteiger partial charge in [0.1, 0.15) is 0 Å². The minimum Gasteiger partial charge on any atom is -0.248 e. The molecule has 0 unspecified atom stereocenters. The standard InChI is InChI=1S/C22H14F3N/c23-22(24,25)17-11-12-20-19(13-17)18(15-7-3-1-4-8-15)14-21(26-20)16-9-5-2-6-10-16/h1-14H. The van der Waals surface area contributed by atoms with E-state index in [1.54, 1.807) is 0 Å². The molecule has 0 saturated carbocycles. The van der Waals surface area contributed by atoms with Crippen LogP contribution in [0, 0.1) is 0 Å². The van der Waals surface area contributed by atoms with Gasteiger partial charge >= 0.3 is 6.18 Å². The predicted molar refractivity (Wildman–Crippen MR) is 97.6 cm³/mol. The number of alkyl halides is 3. The van der Waals surface area contributed by atoms with Gasteiger partial charge in [-0.15, -0.1) is 0 Å². The lowest BCUT2D eigenvalue weighted by atomic mass is 9.97. The number of hydrogen-bond donors (Lipinski definition) is 0. The summed E-state index contributed by atoms with van der Waals surface area (Å²) in [5.41, 5.74) is 3.12. The Labute approximate surface area is 148 Å². The van der Waals surface area contributed by atoms with E-state index >= 15 is 0 Å². The minimum absolute atomic E-state index is 0.491. The zero-order valence-electron chi connectivity index (χ0n) is 13.7. The number of halogens is 3. The van der Waals surface area contributed by atoms with Crippen LogP contribution in [0.2, 0.25) is 0 Å². The third-order valence-corrected chi connectivity index (χ3v) is 4.29. The van der Waals surface area contributed by atoms with Crippen LogP contribution in [0.15, 0.2) is 84.9 Å². The Morgan fingerprint density at radius 3 is 1.88 bits per heavy atom. The highest BCUT2D eigenvalue weighted by molar-refractivity contribution is 5.97. The molecule has 128 valence electrons. The molecule has 0 spiro atoms. The van der Waals surface area contributed by atoms with Gasteiger partial charge in [-0.25, -0.2) is 4.98 Å². The quantitative estimate of drug-likeness (QED) is 0.398. The van der Waals surface area contributed by atoms with Crippen LogP contribution in [0.1, 0.15) is 5.56 Å². The molecule has 26 heavy (non-hydrogen) atoms. The maximum absolute atomic E-state index is 13.2. The molecule has 0 aliphatic heterocycles. The smallest absolute Gasteiger partial charge is 0.248 e. The molecule has 4 aromatic rings. The summed E-state index contributed by atoms with van der Waals surface area (Å²) < 4.78 is 39.5. The number of aromatic nitrogens is 1. The molecule has 4 heteroatoms. The van der Waals surface area contributed by atoms with Gasteiger partial charge in [0.15, 0.2) is 0 Å². The molecule has 0 amide bonds. The first-order valence-electron chi connectivity index (χ1n) is 8.15. The molecule has 1 aromatic heterocycles. The Hall–Kier alpha value is -3.14. The van der Waals surface area contributed by atoms with Crippen LogP contribution in [0.3, 0.4) is 0 Å². The third-order valence-electron chi connectivity index (χ3n) is 4.29. The lowest BCUT2D eigenvalue weighted by Crippen LogP contribution is -2.04. The fraction of sp³-hybridized carbons (Fsp3) is 0.0455. The number of pyridine rings is 1. The van der Waals surface area contributed by atoms with Crippen molar-refractivity contribution >= 4 is 10.9 Å². The van der Waals surface area contributed by atoms with E-state index in [2.05, 4.69) is 4.98 Å². The highest BCUT2D eigenvalue weighted by atomic mass is 19.4. The number of benzene rings is 3. The van der Waals surface area contributed by atoms with Crippen molar-refractivity contribution in [3.63, 3.8) is 0 Å². The van der Waals surface area contributed by atoms with E-state index in [1.165, 1.54) is 12.1 Å². The molecule has 0 radical (unpaired) electrons. The van der Waals surface area contributed by atoms with Crippen molar-refractivity contribution in [1.82, 2.24) is 4.98 Å². The Balaban J connectivity index is 2.02. The van der Waals surface area contributed by atoms with Gasteiger partial charge in [0, 0.05) is 10.9 Å². The van der Waals surface area contributed by atoms with E-state index in [1.807, 2.05) is 66.7 Å². The predicted octanol–water partition coefficient (Wildman–Crippen LogP) is 6.59. The molecule has 4 rings (SSSR count). The number of fused-ring (bicyclic) bond motifs is 1. The minimum atomic E-state index is -4.39. The van der Waals surface area contributed by atoms with E-state index < -0.39 is 11.7 Å². The van der Waals surface area contributed by atoms with Crippen LogP contribution in [0.25, 0.3) is 33.3 Å². The fourth-order valence-electron chi connectivity index (χ4n) is 3.02. The van der Waals surface area contributed by atoms with Crippen LogP contribution in [0.5, 0.6) is 0 Å². The van der Waals surface area contributed by atoms with Crippen molar-refractivity contribution < 1.29 is 13.2 Å². The second-order valence-electron chi connectivity index (χ2n) is 6.02. The van der Waals surface area contributed by atoms with E-state index in [0.29, 0.717) is 10.9 Å². The molecule has 0 aliphatic carbocycles. The molecule has 1 nitrogen and oxygen atoms in total. The van der Waals surface area contributed by atoms with Gasteiger partial charge in [-0.1, -0.05) is 60.7 Å². The van der Waals surface area contributed by atoms with E-state index in [9.17, 15) is 13.2 Å². The molecule has 0 bridgehead atoms. The van der Waals surface area contributed by atoms with Crippen molar-refractivity contribution in [2.24, 2.45) is 0 Å². The van der Waals surface area contributed by atoms with E-state index in [0.717, 1.165) is 28.5 Å². The van der Waals surface area contributed by atoms with Gasteiger partial charge < -0.3 is 0 Å². The molecular formula is C22H14F3N. The Morgan fingerprint density at radius 1 is 0.654 bits per heavy atom. The summed E-state index contributed by atoms with van der Waals surface area (Å²) >= 11 is 0. The molecule has 0 aliphatic rings. The first-order valence-corrected chi connectivity index (χ1v) is 8.15. The normalized spacial score (nSPS) is 11.7. The van der Waals surface area contributed by atoms with Crippen molar-refractivity contribution in [1.29, 1.82) is 0 Å². The fourth-order valence-corrected chi connectivity index (χ4v) is 3.02. The second kappa shape index (κ2) is 6.30. The number of hydrogen-bond acceptors (Lipinski definition) is 1. The van der Waals surface area contributed by atoms with Crippen LogP contribution in [0.4, 0.5) is 13.2 Å². The van der Waals surface area contributed by atoms with Gasteiger partial charge in [0.05, 0.1) is 16.8 Å². The third kappa shape index (κ3) is 3.06. The van der Waals surface area contributed by atoms with E-state index in [-0.39, 0.29) is 0 Å². The summed E-state index contributed by atoms with van der Waals surface area (Å²) in [6, 6.07) is 24.6. The molecule has 0 atom stereocenters. The van der Waals surface area contributed by atoms with Gasteiger partial charge in [0.25, 0.3) is 0 Å². The summed E-state index contributed by atoms with van der Waals surface area (Å²) in [7, 11) is 0. The molecule has 0 N–H and O–H groups in total. The first-order chi connectivity index (χ1) is 12.5. The van der Waals surface area contributed by atoms with Gasteiger partial charge in [-0.3, -0.25) is 0 Å². The van der Waals surface area contributed by atoms with Crippen molar-refractivity contribution in [3.05, 3.63) is 90.5 Å². The first kappa shape index (κ1) is 16.3. The second-order valence-corrected chi connectivity index (χ2v) is 6.02. The average molecular weight is 349 g/mol. The van der Waals surface area contributed by atoms with Crippen LogP contribution in [-0.4, -0.2) is 4.98 Å². The SMILES string of the molecule is FC(F)(F)c1ccc2nc(-c3ccccc3)cc(-c3ccccc3)c2c1. The van der Waals surface area contributed by atoms with Gasteiger partial charge in [0.2, 0.25) is 0 Å². The molecular weight excluding hydrogens is 335 g/mol. The Bertz CT molecular complexity index is 1060. The van der Waals surface area contributed by atoms with Crippen LogP contribution >= 0.6 is 0 Å². The van der Waals surface area contributed by atoms with Crippen molar-refractivity contribution in [2.75, 3.05) is 0 Å². The summed E-state index contributed by atoms with van der Waals surface area (Å²) in [5, 5.41) is 0.491. The average Bonchev–Trinajstić information content (AvgIpc) is 2.67. The molecule has 0 fully saturated rings. The maximum atomic E-state index is 13.2. The molecule has 1 heterocycles. The number of nitrogens with zero attached hydrogens (tertiary/aromatic N) is 1. The van der Waals surface area contributed by atoms with Crippen molar-refractivity contribution in [2.45, 2.75) is 6.18 Å². The molecule has 0 saturated heterocycles. The lowest BCUT2D eigenvalue weighted by Gasteiger charge is -2.13. The largest absolute Gasteiger partial charge is 0.416 e. The zero-order valence-corrected chi connectivity index (χ0v) is 13.7. The molecule has 3 aromatic carbocycles. The zero-order chi connectivity index (χ0) is 18.1. The lowest BCUT2D eigenvalue weighted by molar-refractivity contribution is -0.137. The highest BCUT2D eigenvalue weighted by Crippen LogP contribution is 2.36. The monoisotopic (exact) mass is 349 g/mol. The topological polar surface area (TPSA) is 12.9 Å². The summed E-state index contributed by atoms with van der Waals surface area (Å²) in [6.07, 6.45) is -4.39. The highest BCUT2D eigenvalue weighted by Gasteiger charge is 2.30. The van der Waals surface area contributed by atoms with E-state index in [4.69, 9.17) is 0 Å². The summed E-state index contributed by atoms with van der Waals surface area (Å²) in [6.45, 7) is 0. The van der Waals surface area contributed by atoms with Gasteiger partial charge in [-0.2, -0.15) is 13.2 Å². The maximum Gasteiger partial charge on any atom is 0.416 e. The Kier molecular flexibility index (Phi) is 3.96. The van der Waals surface area contributed by atoms with Crippen LogP contribution in [-0.2, 0) is 6.18 Å². The van der Waals surface area contributed by atoms with Gasteiger partial charge in [-0.05, 0) is 35.4 Å². The summed E-state index contributed by atoms with van der Waals surface area (Å²) in [4.78, 5) is 4.59. The number of rotatable bonds is 2. The van der Waals surface area contributed by atoms with Crippen molar-refractivity contribution in [3.8, 4) is 22.4 Å².